The molecule has 2 aromatic rings. The summed E-state index contributed by atoms with van der Waals surface area (Å²) in [6.45, 7) is 5.78. The van der Waals surface area contributed by atoms with Crippen LogP contribution in [0.1, 0.15) is 54.4 Å². The molecule has 182 valence electrons. The Labute approximate surface area is 208 Å². The molecule has 0 radical (unpaired) electrons. The summed E-state index contributed by atoms with van der Waals surface area (Å²) in [7, 11) is 3.48. The average molecular weight is 482 g/mol. The first-order chi connectivity index (χ1) is 16.3. The van der Waals surface area contributed by atoms with E-state index in [0.717, 1.165) is 63.1 Å². The number of amides is 2. The number of carbonyl (C=O) groups excluding carboxylic acids is 2. The highest BCUT2D eigenvalue weighted by Crippen LogP contribution is 2.35. The fraction of sp³-hybridized carbons (Fsp3) is 0.500. The van der Waals surface area contributed by atoms with Crippen molar-refractivity contribution in [3.05, 3.63) is 64.7 Å². The van der Waals surface area contributed by atoms with Crippen molar-refractivity contribution in [3.8, 4) is 0 Å². The van der Waals surface area contributed by atoms with Gasteiger partial charge in [-0.3, -0.25) is 9.59 Å². The second-order valence-electron chi connectivity index (χ2n) is 9.98. The van der Waals surface area contributed by atoms with Gasteiger partial charge in [0.25, 0.3) is 5.91 Å². The van der Waals surface area contributed by atoms with Crippen molar-refractivity contribution in [2.24, 2.45) is 11.8 Å². The summed E-state index contributed by atoms with van der Waals surface area (Å²) in [6, 6.07) is 15.9. The van der Waals surface area contributed by atoms with E-state index in [9.17, 15) is 9.59 Å². The van der Waals surface area contributed by atoms with Crippen molar-refractivity contribution in [1.29, 1.82) is 0 Å². The number of anilines is 1. The quantitative estimate of drug-likeness (QED) is 0.582. The van der Waals surface area contributed by atoms with Crippen LogP contribution in [0.5, 0.6) is 0 Å². The van der Waals surface area contributed by atoms with Gasteiger partial charge in [0, 0.05) is 46.0 Å². The third-order valence-corrected chi connectivity index (χ3v) is 7.99. The molecule has 2 amide bonds. The highest BCUT2D eigenvalue weighted by molar-refractivity contribution is 6.34. The minimum Gasteiger partial charge on any atom is -0.371 e. The lowest BCUT2D eigenvalue weighted by atomic mass is 9.78. The molecular formula is C28H36ClN3O2. The fourth-order valence-corrected chi connectivity index (χ4v) is 5.75. The zero-order valence-corrected chi connectivity index (χ0v) is 21.3. The maximum absolute atomic E-state index is 13.0. The first-order valence-electron chi connectivity index (χ1n) is 12.4. The molecule has 0 N–H and O–H groups in total. The second kappa shape index (κ2) is 10.8. The lowest BCUT2D eigenvalue weighted by molar-refractivity contribution is -0.134. The van der Waals surface area contributed by atoms with E-state index < -0.39 is 0 Å². The smallest absolute Gasteiger partial charge is 0.254 e. The molecule has 2 aliphatic rings. The van der Waals surface area contributed by atoms with Gasteiger partial charge >= 0.3 is 0 Å². The molecule has 2 fully saturated rings. The van der Waals surface area contributed by atoms with Gasteiger partial charge < -0.3 is 14.7 Å². The summed E-state index contributed by atoms with van der Waals surface area (Å²) >= 11 is 6.43. The van der Waals surface area contributed by atoms with Gasteiger partial charge in [0.2, 0.25) is 5.91 Å². The Morgan fingerprint density at radius 1 is 0.912 bits per heavy atom. The normalized spacial score (nSPS) is 18.6. The summed E-state index contributed by atoms with van der Waals surface area (Å²) in [5.74, 6) is 1.52. The Morgan fingerprint density at radius 3 is 2.06 bits per heavy atom. The van der Waals surface area contributed by atoms with Crippen LogP contribution in [0.15, 0.2) is 48.5 Å². The molecular weight excluding hydrogens is 446 g/mol. The molecule has 0 aromatic heterocycles. The summed E-state index contributed by atoms with van der Waals surface area (Å²) in [4.78, 5) is 31.2. The number of nitrogens with zero attached hydrogens (tertiary/aromatic N) is 3. The maximum Gasteiger partial charge on any atom is 0.254 e. The largest absolute Gasteiger partial charge is 0.371 e. The van der Waals surface area contributed by atoms with E-state index in [1.807, 2.05) is 55.5 Å². The summed E-state index contributed by atoms with van der Waals surface area (Å²) < 4.78 is 0. The lowest BCUT2D eigenvalue weighted by Gasteiger charge is -2.41. The fourth-order valence-electron chi connectivity index (χ4n) is 5.49. The molecule has 0 aliphatic carbocycles. The Morgan fingerprint density at radius 2 is 1.50 bits per heavy atom. The molecule has 2 saturated heterocycles. The van der Waals surface area contributed by atoms with Crippen molar-refractivity contribution < 1.29 is 9.59 Å². The zero-order valence-electron chi connectivity index (χ0n) is 20.5. The number of hydrogen-bond donors (Lipinski definition) is 0. The van der Waals surface area contributed by atoms with Gasteiger partial charge in [0.15, 0.2) is 0 Å². The predicted molar refractivity (Wildman–Crippen MR) is 139 cm³/mol. The molecule has 5 nitrogen and oxygen atoms in total. The molecule has 4 rings (SSSR count). The zero-order chi connectivity index (χ0) is 24.2. The van der Waals surface area contributed by atoms with E-state index in [4.69, 9.17) is 11.6 Å². The first kappa shape index (κ1) is 24.6. The van der Waals surface area contributed by atoms with Gasteiger partial charge in [-0.05, 0) is 68.2 Å². The van der Waals surface area contributed by atoms with Crippen LogP contribution in [0.3, 0.4) is 0 Å². The molecule has 2 aromatic carbocycles. The third-order valence-electron chi connectivity index (χ3n) is 7.68. The minimum absolute atomic E-state index is 0.0711. The van der Waals surface area contributed by atoms with Crippen LogP contribution < -0.4 is 4.90 Å². The van der Waals surface area contributed by atoms with Crippen molar-refractivity contribution in [3.63, 3.8) is 0 Å². The van der Waals surface area contributed by atoms with Crippen LogP contribution in [-0.4, -0.2) is 61.9 Å². The highest BCUT2D eigenvalue weighted by atomic mass is 35.5. The Kier molecular flexibility index (Phi) is 7.82. The molecule has 1 atom stereocenters. The van der Waals surface area contributed by atoms with Gasteiger partial charge in [-0.15, -0.1) is 0 Å². The number of rotatable bonds is 5. The highest BCUT2D eigenvalue weighted by Gasteiger charge is 2.32. The van der Waals surface area contributed by atoms with Crippen LogP contribution in [0.2, 0.25) is 5.02 Å². The van der Waals surface area contributed by atoms with Gasteiger partial charge in [0.1, 0.15) is 0 Å². The Hall–Kier alpha value is -2.53. The van der Waals surface area contributed by atoms with Gasteiger partial charge in [-0.25, -0.2) is 0 Å². The monoisotopic (exact) mass is 481 g/mol. The molecule has 6 heteroatoms. The Bertz CT molecular complexity index is 994. The van der Waals surface area contributed by atoms with Crippen molar-refractivity contribution in [2.75, 3.05) is 45.2 Å². The standard InChI is InChI=1S/C28H36ClN3O2/c1-20(21-7-5-4-6-8-21)27(33)32-17-13-23(14-18-32)22-11-15-31(16-12-22)24-9-10-25(26(29)19-24)28(34)30(2)3/h4-10,19-20,22-23H,11-18H2,1-3H3. The predicted octanol–water partition coefficient (Wildman–Crippen LogP) is 5.30. The van der Waals surface area contributed by atoms with E-state index in [1.165, 1.54) is 0 Å². The molecule has 0 spiro atoms. The summed E-state index contributed by atoms with van der Waals surface area (Å²) in [5, 5.41) is 0.514. The average Bonchev–Trinajstić information content (AvgIpc) is 2.88. The second-order valence-corrected chi connectivity index (χ2v) is 10.4. The van der Waals surface area contributed by atoms with E-state index in [1.54, 1.807) is 19.0 Å². The summed E-state index contributed by atoms with van der Waals surface area (Å²) in [5.41, 5.74) is 2.74. The van der Waals surface area contributed by atoms with Crippen LogP contribution in [0, 0.1) is 11.8 Å². The van der Waals surface area contributed by atoms with E-state index in [-0.39, 0.29) is 17.7 Å². The summed E-state index contributed by atoms with van der Waals surface area (Å²) in [6.07, 6.45) is 4.53. The molecule has 0 bridgehead atoms. The molecule has 2 heterocycles. The van der Waals surface area contributed by atoms with Crippen LogP contribution in [0.25, 0.3) is 0 Å². The Balaban J connectivity index is 1.27. The first-order valence-corrected chi connectivity index (χ1v) is 12.8. The van der Waals surface area contributed by atoms with Gasteiger partial charge in [-0.2, -0.15) is 0 Å². The number of carbonyl (C=O) groups is 2. The van der Waals surface area contributed by atoms with Gasteiger partial charge in [-0.1, -0.05) is 41.9 Å². The maximum atomic E-state index is 13.0. The van der Waals surface area contributed by atoms with Crippen molar-refractivity contribution in [2.45, 2.75) is 38.5 Å². The topological polar surface area (TPSA) is 43.9 Å². The van der Waals surface area contributed by atoms with Crippen LogP contribution in [-0.2, 0) is 4.79 Å². The van der Waals surface area contributed by atoms with E-state index in [2.05, 4.69) is 9.80 Å². The number of piperidine rings is 2. The molecule has 34 heavy (non-hydrogen) atoms. The molecule has 0 saturated carbocycles. The third kappa shape index (κ3) is 5.41. The number of likely N-dealkylation sites (tertiary alicyclic amines) is 1. The van der Waals surface area contributed by atoms with Crippen molar-refractivity contribution >= 4 is 29.1 Å². The molecule has 1 unspecified atom stereocenters. The number of benzene rings is 2. The van der Waals surface area contributed by atoms with Gasteiger partial charge in [0.05, 0.1) is 16.5 Å². The van der Waals surface area contributed by atoms with Crippen LogP contribution >= 0.6 is 11.6 Å². The van der Waals surface area contributed by atoms with E-state index in [0.29, 0.717) is 22.4 Å². The van der Waals surface area contributed by atoms with E-state index >= 15 is 0 Å². The SMILES string of the molecule is CC(C(=O)N1CCC(C2CCN(c3ccc(C(=O)N(C)C)c(Cl)c3)CC2)CC1)c1ccccc1. The van der Waals surface area contributed by atoms with Crippen LogP contribution in [0.4, 0.5) is 5.69 Å². The molecule has 2 aliphatic heterocycles. The lowest BCUT2D eigenvalue weighted by Crippen LogP contribution is -2.44. The number of halogens is 1. The minimum atomic E-state index is -0.0766. The number of hydrogen-bond acceptors (Lipinski definition) is 3. The van der Waals surface area contributed by atoms with Crippen molar-refractivity contribution in [1.82, 2.24) is 9.80 Å².